The average molecular weight is 331 g/mol. The minimum Gasteiger partial charge on any atom is -0.355 e. The van der Waals surface area contributed by atoms with Crippen molar-refractivity contribution in [2.24, 2.45) is 11.1 Å². The Morgan fingerprint density at radius 2 is 2.00 bits per heavy atom. The first-order valence-corrected chi connectivity index (χ1v) is 8.92. The fourth-order valence-electron chi connectivity index (χ4n) is 3.73. The largest absolute Gasteiger partial charge is 0.355 e. The number of carbonyl (C=O) groups is 1. The molecule has 1 atom stereocenters. The second kappa shape index (κ2) is 6.31. The van der Waals surface area contributed by atoms with Crippen molar-refractivity contribution in [1.29, 1.82) is 0 Å². The van der Waals surface area contributed by atoms with Gasteiger partial charge in [-0.1, -0.05) is 13.8 Å². The van der Waals surface area contributed by atoms with Crippen molar-refractivity contribution in [2.45, 2.75) is 53.0 Å². The molecule has 2 fully saturated rings. The van der Waals surface area contributed by atoms with E-state index in [4.69, 9.17) is 5.73 Å². The lowest BCUT2D eigenvalue weighted by molar-refractivity contribution is 0.0571. The number of anilines is 1. The summed E-state index contributed by atoms with van der Waals surface area (Å²) < 4.78 is 0. The topological polar surface area (TPSA) is 75.4 Å². The van der Waals surface area contributed by atoms with Crippen LogP contribution < -0.4 is 10.6 Å². The van der Waals surface area contributed by atoms with Gasteiger partial charge >= 0.3 is 0 Å². The van der Waals surface area contributed by atoms with Crippen LogP contribution in [0.5, 0.6) is 0 Å². The number of likely N-dealkylation sites (tertiary alicyclic amines) is 1. The Labute approximate surface area is 144 Å². The maximum absolute atomic E-state index is 12.9. The molecule has 6 nitrogen and oxygen atoms in total. The summed E-state index contributed by atoms with van der Waals surface area (Å²) in [6, 6.07) is 0.182. The van der Waals surface area contributed by atoms with E-state index < -0.39 is 0 Å². The molecule has 0 spiro atoms. The summed E-state index contributed by atoms with van der Waals surface area (Å²) in [5, 5.41) is 0. The number of hydrogen-bond acceptors (Lipinski definition) is 5. The van der Waals surface area contributed by atoms with E-state index in [-0.39, 0.29) is 17.4 Å². The molecule has 3 heterocycles. The van der Waals surface area contributed by atoms with Crippen LogP contribution in [0.15, 0.2) is 0 Å². The number of carbonyl (C=O) groups excluding carboxylic acids is 1. The number of rotatable bonds is 2. The van der Waals surface area contributed by atoms with Crippen LogP contribution >= 0.6 is 0 Å². The summed E-state index contributed by atoms with van der Waals surface area (Å²) in [5.74, 6) is 1.15. The zero-order valence-electron chi connectivity index (χ0n) is 15.3. The summed E-state index contributed by atoms with van der Waals surface area (Å²) in [6.07, 6.45) is 3.16. The maximum Gasteiger partial charge on any atom is 0.291 e. The first-order valence-electron chi connectivity index (χ1n) is 8.92. The average Bonchev–Trinajstić information content (AvgIpc) is 2.94. The van der Waals surface area contributed by atoms with Crippen LogP contribution in [0.25, 0.3) is 0 Å². The van der Waals surface area contributed by atoms with Crippen LogP contribution in [0.2, 0.25) is 0 Å². The highest BCUT2D eigenvalue weighted by Crippen LogP contribution is 2.29. The zero-order valence-corrected chi connectivity index (χ0v) is 15.3. The molecule has 1 aromatic rings. The van der Waals surface area contributed by atoms with Crippen molar-refractivity contribution >= 4 is 11.7 Å². The van der Waals surface area contributed by atoms with Crippen molar-refractivity contribution in [3.05, 3.63) is 17.1 Å². The second-order valence-electron chi connectivity index (χ2n) is 8.07. The minimum atomic E-state index is -0.0457. The van der Waals surface area contributed by atoms with Gasteiger partial charge in [0.25, 0.3) is 5.91 Å². The molecule has 0 aliphatic carbocycles. The molecule has 6 heteroatoms. The lowest BCUT2D eigenvalue weighted by atomic mass is 9.84. The van der Waals surface area contributed by atoms with Crippen molar-refractivity contribution in [3.8, 4) is 0 Å². The molecule has 0 saturated carbocycles. The van der Waals surface area contributed by atoms with Gasteiger partial charge in [-0.2, -0.15) is 0 Å². The number of piperidine rings is 1. The van der Waals surface area contributed by atoms with Crippen LogP contribution in [0, 0.1) is 19.3 Å². The number of aryl methyl sites for hydroxylation is 1. The lowest BCUT2D eigenvalue weighted by Crippen LogP contribution is -2.44. The van der Waals surface area contributed by atoms with Crippen molar-refractivity contribution in [2.75, 3.05) is 31.1 Å². The number of hydrogen-bond donors (Lipinski definition) is 1. The third-order valence-electron chi connectivity index (χ3n) is 5.27. The highest BCUT2D eigenvalue weighted by molar-refractivity contribution is 5.91. The number of nitrogens with two attached hydrogens (primary N) is 1. The fourth-order valence-corrected chi connectivity index (χ4v) is 3.73. The molecule has 3 rings (SSSR count). The van der Waals surface area contributed by atoms with Crippen molar-refractivity contribution in [3.63, 3.8) is 0 Å². The quantitative estimate of drug-likeness (QED) is 0.896. The SMILES string of the molecule is Cc1nc(C(=O)N2CCCC(C)(C)C2)nc(N2CC[C@@H](N)C2)c1C. The predicted molar refractivity (Wildman–Crippen MR) is 95.2 cm³/mol. The summed E-state index contributed by atoms with van der Waals surface area (Å²) in [4.78, 5) is 26.2. The van der Waals surface area contributed by atoms with E-state index in [1.807, 2.05) is 18.7 Å². The molecule has 0 radical (unpaired) electrons. The highest BCUT2D eigenvalue weighted by Gasteiger charge is 2.32. The highest BCUT2D eigenvalue weighted by atomic mass is 16.2. The molecule has 0 aromatic carbocycles. The number of amides is 1. The van der Waals surface area contributed by atoms with Gasteiger partial charge in [0.1, 0.15) is 5.82 Å². The van der Waals surface area contributed by atoms with E-state index in [2.05, 4.69) is 28.7 Å². The Morgan fingerprint density at radius 1 is 1.25 bits per heavy atom. The van der Waals surface area contributed by atoms with Crippen LogP contribution in [0.4, 0.5) is 5.82 Å². The molecule has 0 unspecified atom stereocenters. The van der Waals surface area contributed by atoms with Gasteiger partial charge in [-0.25, -0.2) is 9.97 Å². The van der Waals surface area contributed by atoms with Gasteiger partial charge in [-0.3, -0.25) is 4.79 Å². The van der Waals surface area contributed by atoms with E-state index in [9.17, 15) is 4.79 Å². The standard InChI is InChI=1S/C18H29N5O/c1-12-13(2)20-15(21-16(12)22-9-6-14(19)10-22)17(24)23-8-5-7-18(3,4)11-23/h14H,5-11,19H2,1-4H3/t14-/m1/s1. The summed E-state index contributed by atoms with van der Waals surface area (Å²) in [7, 11) is 0. The summed E-state index contributed by atoms with van der Waals surface area (Å²) in [6.45, 7) is 11.6. The first kappa shape index (κ1) is 17.1. The van der Waals surface area contributed by atoms with E-state index in [1.165, 1.54) is 0 Å². The van der Waals surface area contributed by atoms with Gasteiger partial charge < -0.3 is 15.5 Å². The minimum absolute atomic E-state index is 0.0457. The Kier molecular flexibility index (Phi) is 4.51. The Morgan fingerprint density at radius 3 is 2.62 bits per heavy atom. The van der Waals surface area contributed by atoms with Gasteiger partial charge in [-0.05, 0) is 38.5 Å². The van der Waals surface area contributed by atoms with Crippen LogP contribution in [0.1, 0.15) is 55.0 Å². The van der Waals surface area contributed by atoms with Crippen molar-refractivity contribution in [1.82, 2.24) is 14.9 Å². The zero-order chi connectivity index (χ0) is 17.5. The Bertz CT molecular complexity index is 643. The van der Waals surface area contributed by atoms with E-state index in [1.54, 1.807) is 0 Å². The van der Waals surface area contributed by atoms with Crippen LogP contribution in [-0.4, -0.2) is 53.0 Å². The van der Waals surface area contributed by atoms with Crippen molar-refractivity contribution < 1.29 is 4.79 Å². The van der Waals surface area contributed by atoms with Gasteiger partial charge in [0, 0.05) is 43.5 Å². The molecule has 132 valence electrons. The summed E-state index contributed by atoms with van der Waals surface area (Å²) >= 11 is 0. The molecule has 0 bridgehead atoms. The Hall–Kier alpha value is -1.69. The smallest absolute Gasteiger partial charge is 0.291 e. The molecular formula is C18H29N5O. The third kappa shape index (κ3) is 3.38. The van der Waals surface area contributed by atoms with Gasteiger partial charge in [0.15, 0.2) is 0 Å². The molecule has 24 heavy (non-hydrogen) atoms. The summed E-state index contributed by atoms with van der Waals surface area (Å²) in [5.41, 5.74) is 8.12. The maximum atomic E-state index is 12.9. The molecular weight excluding hydrogens is 302 g/mol. The second-order valence-corrected chi connectivity index (χ2v) is 8.07. The van der Waals surface area contributed by atoms with E-state index in [0.717, 1.165) is 62.5 Å². The normalized spacial score (nSPS) is 23.6. The molecule has 2 aliphatic heterocycles. The molecule has 2 N–H and O–H groups in total. The monoisotopic (exact) mass is 331 g/mol. The van der Waals surface area contributed by atoms with Gasteiger partial charge in [0.2, 0.25) is 5.82 Å². The molecule has 1 aromatic heterocycles. The molecule has 1 amide bonds. The van der Waals surface area contributed by atoms with E-state index in [0.29, 0.717) is 5.82 Å². The van der Waals surface area contributed by atoms with Crippen LogP contribution in [-0.2, 0) is 0 Å². The van der Waals surface area contributed by atoms with E-state index >= 15 is 0 Å². The number of nitrogens with zero attached hydrogens (tertiary/aromatic N) is 4. The number of aromatic nitrogens is 2. The molecule has 2 saturated heterocycles. The van der Waals surface area contributed by atoms with Gasteiger partial charge in [-0.15, -0.1) is 0 Å². The van der Waals surface area contributed by atoms with Gasteiger partial charge in [0.05, 0.1) is 0 Å². The predicted octanol–water partition coefficient (Wildman–Crippen LogP) is 1.89. The third-order valence-corrected chi connectivity index (χ3v) is 5.27. The first-order chi connectivity index (χ1) is 11.3. The van der Waals surface area contributed by atoms with Crippen LogP contribution in [0.3, 0.4) is 0 Å². The lowest BCUT2D eigenvalue weighted by Gasteiger charge is -2.37. The molecule has 2 aliphatic rings. The Balaban J connectivity index is 1.88. The fraction of sp³-hybridized carbons (Fsp3) is 0.722.